The summed E-state index contributed by atoms with van der Waals surface area (Å²) in [5.41, 5.74) is -3.28. The van der Waals surface area contributed by atoms with Gasteiger partial charge in [0.05, 0.1) is 36.7 Å². The van der Waals surface area contributed by atoms with Crippen LogP contribution in [0.15, 0.2) is 47.0 Å². The van der Waals surface area contributed by atoms with Gasteiger partial charge in [-0.3, -0.25) is 9.69 Å². The maximum Gasteiger partial charge on any atom is 0.416 e. The van der Waals surface area contributed by atoms with Gasteiger partial charge >= 0.3 is 12.4 Å². The fourth-order valence-electron chi connectivity index (χ4n) is 5.65. The van der Waals surface area contributed by atoms with E-state index in [4.69, 9.17) is 13.9 Å². The van der Waals surface area contributed by atoms with Gasteiger partial charge in [-0.1, -0.05) is 12.1 Å². The number of carbonyl (C=O) groups is 1. The predicted octanol–water partition coefficient (Wildman–Crippen LogP) is 6.05. The van der Waals surface area contributed by atoms with E-state index in [1.165, 1.54) is 7.11 Å². The van der Waals surface area contributed by atoms with Crippen molar-refractivity contribution in [3.63, 3.8) is 0 Å². The molecule has 0 fully saturated rings. The Bertz CT molecular complexity index is 1710. The van der Waals surface area contributed by atoms with Crippen LogP contribution in [0.2, 0.25) is 0 Å². The molecule has 1 amide bonds. The maximum absolute atomic E-state index is 14.0. The molecule has 0 radical (unpaired) electrons. The summed E-state index contributed by atoms with van der Waals surface area (Å²) in [6.07, 6.45) is -8.13. The Hall–Kier alpha value is -4.40. The first kappa shape index (κ1) is 28.7. The summed E-state index contributed by atoms with van der Waals surface area (Å²) in [6, 6.07) is 7.83. The number of benzene rings is 2. The van der Waals surface area contributed by atoms with E-state index in [9.17, 15) is 31.1 Å². The minimum Gasteiger partial charge on any atom is -0.496 e. The average Bonchev–Trinajstić information content (AvgIpc) is 3.57. The number of oxazole rings is 1. The van der Waals surface area contributed by atoms with E-state index in [2.05, 4.69) is 15.2 Å². The molecule has 6 rings (SSSR count). The maximum atomic E-state index is 14.0. The van der Waals surface area contributed by atoms with Crippen LogP contribution < -0.4 is 9.64 Å². The van der Waals surface area contributed by atoms with Crippen LogP contribution >= 0.6 is 0 Å². The fourth-order valence-corrected chi connectivity index (χ4v) is 5.65. The van der Waals surface area contributed by atoms with E-state index < -0.39 is 53.8 Å². The topological polar surface area (TPSA) is 95.5 Å². The van der Waals surface area contributed by atoms with Crippen LogP contribution in [-0.4, -0.2) is 45.5 Å². The van der Waals surface area contributed by atoms with Crippen molar-refractivity contribution >= 4 is 11.6 Å². The molecule has 0 N–H and O–H groups in total. The zero-order chi connectivity index (χ0) is 30.7. The molecule has 4 aromatic rings. The van der Waals surface area contributed by atoms with Crippen LogP contribution in [0.5, 0.6) is 5.75 Å². The SMILES string of the molecule is COc1cc(-c2nnc3n2CCCC32OCc3c(cccc3C(F)(F)F)N(CC(F)(F)F)C2=O)ccc1-c1cnc(C)o1. The third kappa shape index (κ3) is 4.90. The minimum atomic E-state index is -4.92. The summed E-state index contributed by atoms with van der Waals surface area (Å²) in [4.78, 5) is 18.4. The number of nitrogens with zero attached hydrogens (tertiary/aromatic N) is 5. The molecule has 1 unspecified atom stereocenters. The molecule has 43 heavy (non-hydrogen) atoms. The predicted molar refractivity (Wildman–Crippen MR) is 138 cm³/mol. The molecular weight excluding hydrogens is 584 g/mol. The highest BCUT2D eigenvalue weighted by atomic mass is 19.4. The first-order valence-electron chi connectivity index (χ1n) is 13.1. The lowest BCUT2D eigenvalue weighted by Crippen LogP contribution is -2.53. The van der Waals surface area contributed by atoms with Crippen molar-refractivity contribution in [2.75, 3.05) is 18.6 Å². The second-order valence-electron chi connectivity index (χ2n) is 10.2. The first-order chi connectivity index (χ1) is 20.3. The van der Waals surface area contributed by atoms with Gasteiger partial charge in [0.25, 0.3) is 5.91 Å². The lowest BCUT2D eigenvalue weighted by atomic mass is 9.91. The van der Waals surface area contributed by atoms with Crippen molar-refractivity contribution in [3.05, 3.63) is 65.4 Å². The van der Waals surface area contributed by atoms with Gasteiger partial charge in [-0.15, -0.1) is 10.2 Å². The standard InChI is InChI=1S/C28H23F6N5O4/c1-15-35-12-22(43-15)17-8-7-16(11-21(17)41-2)23-36-37-24-26(9-4-10-38(23)24)25(40)39(14-27(29,30)31)20-6-3-5-19(28(32,33)34)18(20)13-42-26/h3,5-8,11-12H,4,9-10,13-14H2,1-2H3. The Morgan fingerprint density at radius 2 is 1.88 bits per heavy atom. The molecule has 2 aromatic heterocycles. The molecule has 0 bridgehead atoms. The van der Waals surface area contributed by atoms with Gasteiger partial charge in [-0.25, -0.2) is 4.98 Å². The van der Waals surface area contributed by atoms with E-state index in [0.29, 0.717) is 33.4 Å². The normalized spacial score (nSPS) is 18.9. The number of fused-ring (bicyclic) bond motifs is 3. The Kier molecular flexibility index (Phi) is 6.75. The van der Waals surface area contributed by atoms with Gasteiger partial charge in [-0.05, 0) is 37.1 Å². The van der Waals surface area contributed by atoms with Crippen molar-refractivity contribution < 1.29 is 45.0 Å². The number of ether oxygens (including phenoxy) is 2. The Morgan fingerprint density at radius 1 is 1.09 bits per heavy atom. The summed E-state index contributed by atoms with van der Waals surface area (Å²) in [5.74, 6) is 0.324. The van der Waals surface area contributed by atoms with Crippen LogP contribution in [0, 0.1) is 6.92 Å². The van der Waals surface area contributed by atoms with Crippen molar-refractivity contribution in [3.8, 4) is 28.5 Å². The van der Waals surface area contributed by atoms with E-state index in [0.717, 1.165) is 18.2 Å². The molecule has 2 aliphatic rings. The highest BCUT2D eigenvalue weighted by molar-refractivity contribution is 6.01. The number of carbonyl (C=O) groups excluding carboxylic acids is 1. The second-order valence-corrected chi connectivity index (χ2v) is 10.2. The van der Waals surface area contributed by atoms with Crippen LogP contribution in [0.3, 0.4) is 0 Å². The third-order valence-electron chi connectivity index (χ3n) is 7.51. The van der Waals surface area contributed by atoms with Gasteiger partial charge in [0, 0.05) is 24.6 Å². The van der Waals surface area contributed by atoms with Crippen molar-refractivity contribution in [2.45, 2.75) is 50.9 Å². The van der Waals surface area contributed by atoms with E-state index in [1.54, 1.807) is 35.9 Å². The zero-order valence-corrected chi connectivity index (χ0v) is 22.7. The molecule has 1 spiro atoms. The van der Waals surface area contributed by atoms with Crippen LogP contribution in [0.1, 0.15) is 35.7 Å². The number of alkyl halides is 6. The molecule has 9 nitrogen and oxygen atoms in total. The Labute approximate surface area is 240 Å². The summed E-state index contributed by atoms with van der Waals surface area (Å²) >= 11 is 0. The van der Waals surface area contributed by atoms with Crippen LogP contribution in [-0.2, 0) is 34.5 Å². The number of methoxy groups -OCH3 is 1. The van der Waals surface area contributed by atoms with Gasteiger partial charge in [-0.2, -0.15) is 26.3 Å². The lowest BCUT2D eigenvalue weighted by Gasteiger charge is -2.37. The number of aryl methyl sites for hydroxylation is 1. The molecule has 15 heteroatoms. The van der Waals surface area contributed by atoms with E-state index in [-0.39, 0.29) is 31.0 Å². The molecule has 1 atom stereocenters. The summed E-state index contributed by atoms with van der Waals surface area (Å²) < 4.78 is 102. The van der Waals surface area contributed by atoms with Crippen molar-refractivity contribution in [1.29, 1.82) is 0 Å². The molecule has 4 heterocycles. The first-order valence-corrected chi connectivity index (χ1v) is 13.1. The van der Waals surface area contributed by atoms with Gasteiger partial charge in [0.15, 0.2) is 23.3 Å². The smallest absolute Gasteiger partial charge is 0.416 e. The molecule has 0 saturated carbocycles. The number of hydrogen-bond donors (Lipinski definition) is 0. The monoisotopic (exact) mass is 607 g/mol. The Morgan fingerprint density at radius 3 is 2.56 bits per heavy atom. The van der Waals surface area contributed by atoms with Crippen molar-refractivity contribution in [2.24, 2.45) is 0 Å². The number of amides is 1. The minimum absolute atomic E-state index is 0.0961. The number of halogens is 6. The van der Waals surface area contributed by atoms with Crippen LogP contribution in [0.25, 0.3) is 22.7 Å². The summed E-state index contributed by atoms with van der Waals surface area (Å²) in [7, 11) is 1.46. The summed E-state index contributed by atoms with van der Waals surface area (Å²) in [6.45, 7) is -0.613. The van der Waals surface area contributed by atoms with Gasteiger partial charge in [0.1, 0.15) is 12.3 Å². The molecule has 0 saturated heterocycles. The lowest BCUT2D eigenvalue weighted by molar-refractivity contribution is -0.158. The molecule has 2 aliphatic heterocycles. The number of rotatable bonds is 4. The molecular formula is C28H23F6N5O4. The quantitative estimate of drug-likeness (QED) is 0.261. The Balaban J connectivity index is 1.46. The number of anilines is 1. The fraction of sp³-hybridized carbons (Fsp3) is 0.357. The molecule has 226 valence electrons. The number of hydrogen-bond acceptors (Lipinski definition) is 7. The van der Waals surface area contributed by atoms with Crippen molar-refractivity contribution in [1.82, 2.24) is 19.7 Å². The van der Waals surface area contributed by atoms with Gasteiger partial charge in [0.2, 0.25) is 5.60 Å². The number of aromatic nitrogens is 4. The largest absolute Gasteiger partial charge is 0.496 e. The van der Waals surface area contributed by atoms with E-state index in [1.807, 2.05) is 0 Å². The second kappa shape index (κ2) is 10.1. The van der Waals surface area contributed by atoms with Gasteiger partial charge < -0.3 is 18.5 Å². The van der Waals surface area contributed by atoms with E-state index >= 15 is 0 Å². The highest BCUT2D eigenvalue weighted by Gasteiger charge is 2.54. The third-order valence-corrected chi connectivity index (χ3v) is 7.51. The zero-order valence-electron chi connectivity index (χ0n) is 22.7. The highest BCUT2D eigenvalue weighted by Crippen LogP contribution is 2.46. The average molecular weight is 608 g/mol. The molecule has 2 aromatic carbocycles. The summed E-state index contributed by atoms with van der Waals surface area (Å²) in [5, 5.41) is 8.41. The molecule has 0 aliphatic carbocycles. The van der Waals surface area contributed by atoms with Crippen LogP contribution in [0.4, 0.5) is 32.0 Å².